The van der Waals surface area contributed by atoms with Crippen molar-refractivity contribution in [2.45, 2.75) is 18.4 Å². The van der Waals surface area contributed by atoms with Gasteiger partial charge in [-0.1, -0.05) is 30.4 Å². The van der Waals surface area contributed by atoms with E-state index in [0.717, 1.165) is 12.0 Å². The number of rotatable bonds is 3. The van der Waals surface area contributed by atoms with Gasteiger partial charge in [-0.3, -0.25) is 10.1 Å². The number of fused-ring (bicyclic) bond motifs is 3. The van der Waals surface area contributed by atoms with Crippen molar-refractivity contribution in [3.05, 3.63) is 75.6 Å². The smallest absolute Gasteiger partial charge is 0.273 e. The van der Waals surface area contributed by atoms with Crippen LogP contribution >= 0.6 is 0 Å². The number of non-ortho nitro benzene ring substituents is 1. The van der Waals surface area contributed by atoms with E-state index in [-0.39, 0.29) is 29.4 Å². The molecule has 1 N–H and O–H groups in total. The lowest BCUT2D eigenvalue weighted by Crippen LogP contribution is -2.30. The van der Waals surface area contributed by atoms with E-state index in [9.17, 15) is 14.5 Å². The number of nitrogens with one attached hydrogen (secondary N) is 1. The third-order valence-corrected chi connectivity index (χ3v) is 5.09. The Labute approximate surface area is 144 Å². The summed E-state index contributed by atoms with van der Waals surface area (Å²) in [5.41, 5.74) is 2.14. The topological polar surface area (TPSA) is 64.4 Å². The van der Waals surface area contributed by atoms with E-state index in [2.05, 4.69) is 17.5 Å². The Morgan fingerprint density at radius 1 is 1.28 bits per heavy atom. The molecule has 1 aliphatic heterocycles. The van der Waals surface area contributed by atoms with E-state index in [1.54, 1.807) is 18.2 Å². The van der Waals surface area contributed by atoms with Crippen LogP contribution in [0.2, 0.25) is 0 Å². The molecule has 0 spiro atoms. The summed E-state index contributed by atoms with van der Waals surface area (Å²) in [5, 5.41) is 14.6. The Bertz CT molecular complexity index is 881. The molecule has 25 heavy (non-hydrogen) atoms. The van der Waals surface area contributed by atoms with Gasteiger partial charge in [-0.25, -0.2) is 4.39 Å². The maximum absolute atomic E-state index is 14.4. The molecule has 5 nitrogen and oxygen atoms in total. The van der Waals surface area contributed by atoms with E-state index in [1.165, 1.54) is 19.2 Å². The second-order valence-electron chi connectivity index (χ2n) is 6.37. The molecule has 0 unspecified atom stereocenters. The number of hydrogen-bond donors (Lipinski definition) is 1. The minimum atomic E-state index is -0.417. The first kappa shape index (κ1) is 15.6. The van der Waals surface area contributed by atoms with Crippen LogP contribution in [0.25, 0.3) is 0 Å². The van der Waals surface area contributed by atoms with Gasteiger partial charge in [0.2, 0.25) is 0 Å². The van der Waals surface area contributed by atoms with Crippen molar-refractivity contribution in [3.63, 3.8) is 0 Å². The Morgan fingerprint density at radius 2 is 2.08 bits per heavy atom. The lowest BCUT2D eigenvalue weighted by Gasteiger charge is -2.38. The van der Waals surface area contributed by atoms with Crippen LogP contribution in [-0.4, -0.2) is 12.0 Å². The number of methoxy groups -OCH3 is 1. The van der Waals surface area contributed by atoms with Gasteiger partial charge < -0.3 is 10.1 Å². The van der Waals surface area contributed by atoms with Gasteiger partial charge in [0.05, 0.1) is 29.8 Å². The zero-order chi connectivity index (χ0) is 17.6. The van der Waals surface area contributed by atoms with Gasteiger partial charge in [-0.15, -0.1) is 0 Å². The maximum Gasteiger partial charge on any atom is 0.273 e. The second kappa shape index (κ2) is 5.88. The molecule has 1 aliphatic carbocycles. The molecule has 0 amide bonds. The Morgan fingerprint density at radius 3 is 2.80 bits per heavy atom. The summed E-state index contributed by atoms with van der Waals surface area (Å²) < 4.78 is 19.8. The fourth-order valence-electron chi connectivity index (χ4n) is 3.95. The van der Waals surface area contributed by atoms with Gasteiger partial charge in [-0.2, -0.15) is 0 Å². The van der Waals surface area contributed by atoms with E-state index in [1.807, 2.05) is 6.07 Å². The van der Waals surface area contributed by atoms with Crippen LogP contribution in [-0.2, 0) is 0 Å². The summed E-state index contributed by atoms with van der Waals surface area (Å²) in [6.07, 6.45) is 4.91. The SMILES string of the molecule is COc1cc([N+](=O)[O-])cc2c1N[C@H](c1ccccc1F)[C@@H]1CC=C[C@H]21. The first-order valence-corrected chi connectivity index (χ1v) is 8.14. The number of halogens is 1. The number of hydrogen-bond acceptors (Lipinski definition) is 4. The van der Waals surface area contributed by atoms with Crippen molar-refractivity contribution in [3.8, 4) is 5.75 Å². The quantitative estimate of drug-likeness (QED) is 0.505. The summed E-state index contributed by atoms with van der Waals surface area (Å²) in [7, 11) is 1.48. The molecule has 4 rings (SSSR count). The molecule has 2 aromatic rings. The van der Waals surface area contributed by atoms with Gasteiger partial charge in [0.25, 0.3) is 5.69 Å². The van der Waals surface area contributed by atoms with Crippen molar-refractivity contribution in [2.75, 3.05) is 12.4 Å². The normalized spacial score (nSPS) is 23.5. The van der Waals surface area contributed by atoms with Crippen molar-refractivity contribution in [1.82, 2.24) is 0 Å². The number of nitro benzene ring substituents is 1. The molecule has 2 aliphatic rings. The lowest BCUT2D eigenvalue weighted by atomic mass is 9.76. The third kappa shape index (κ3) is 2.45. The van der Waals surface area contributed by atoms with Crippen LogP contribution in [0.15, 0.2) is 48.6 Å². The van der Waals surface area contributed by atoms with Crippen molar-refractivity contribution >= 4 is 11.4 Å². The monoisotopic (exact) mass is 340 g/mol. The van der Waals surface area contributed by atoms with Crippen LogP contribution in [0.1, 0.15) is 29.5 Å². The molecule has 3 atom stereocenters. The Balaban J connectivity index is 1.87. The van der Waals surface area contributed by atoms with Gasteiger partial charge in [0.1, 0.15) is 11.6 Å². The van der Waals surface area contributed by atoms with Crippen LogP contribution in [0, 0.1) is 21.8 Å². The highest BCUT2D eigenvalue weighted by atomic mass is 19.1. The minimum absolute atomic E-state index is 0.000733. The molecule has 0 radical (unpaired) electrons. The highest BCUT2D eigenvalue weighted by Gasteiger charge is 2.40. The van der Waals surface area contributed by atoms with Crippen LogP contribution < -0.4 is 10.1 Å². The molecule has 6 heteroatoms. The molecule has 0 aromatic heterocycles. The largest absolute Gasteiger partial charge is 0.494 e. The number of anilines is 1. The lowest BCUT2D eigenvalue weighted by molar-refractivity contribution is -0.385. The molecule has 1 heterocycles. The molecule has 0 fully saturated rings. The summed E-state index contributed by atoms with van der Waals surface area (Å²) in [6.45, 7) is 0. The minimum Gasteiger partial charge on any atom is -0.494 e. The van der Waals surface area contributed by atoms with Crippen molar-refractivity contribution in [1.29, 1.82) is 0 Å². The van der Waals surface area contributed by atoms with E-state index in [4.69, 9.17) is 4.74 Å². The fourth-order valence-corrected chi connectivity index (χ4v) is 3.95. The molecule has 0 saturated heterocycles. The summed E-state index contributed by atoms with van der Waals surface area (Å²) in [6, 6.07) is 9.51. The molecule has 0 saturated carbocycles. The molecule has 2 aromatic carbocycles. The summed E-state index contributed by atoms with van der Waals surface area (Å²) >= 11 is 0. The molecule has 128 valence electrons. The molecular weight excluding hydrogens is 323 g/mol. The number of ether oxygens (including phenoxy) is 1. The van der Waals surface area contributed by atoms with Crippen LogP contribution in [0.5, 0.6) is 5.75 Å². The fraction of sp³-hybridized carbons (Fsp3) is 0.263. The van der Waals surface area contributed by atoms with Gasteiger partial charge in [0, 0.05) is 17.5 Å². The molecule has 0 bridgehead atoms. The maximum atomic E-state index is 14.4. The average molecular weight is 340 g/mol. The van der Waals surface area contributed by atoms with E-state index in [0.29, 0.717) is 17.0 Å². The number of nitro groups is 1. The first-order chi connectivity index (χ1) is 12.1. The van der Waals surface area contributed by atoms with Crippen LogP contribution in [0.3, 0.4) is 0 Å². The predicted octanol–water partition coefficient (Wildman–Crippen LogP) is 4.57. The highest BCUT2D eigenvalue weighted by molar-refractivity contribution is 5.71. The summed E-state index contributed by atoms with van der Waals surface area (Å²) in [4.78, 5) is 10.8. The Hall–Kier alpha value is -2.89. The van der Waals surface area contributed by atoms with E-state index >= 15 is 0 Å². The number of allylic oxidation sites excluding steroid dienone is 2. The van der Waals surface area contributed by atoms with Crippen molar-refractivity contribution in [2.24, 2.45) is 5.92 Å². The standard InChI is InChI=1S/C19H17FN2O3/c1-25-17-10-11(22(23)24)9-15-12-6-4-7-13(12)18(21-19(15)17)14-5-2-3-8-16(14)20/h2-6,8-10,12-13,18,21H,7H2,1H3/t12-,13+,18-/m0/s1. The zero-order valence-corrected chi connectivity index (χ0v) is 13.6. The predicted molar refractivity (Wildman–Crippen MR) is 92.4 cm³/mol. The van der Waals surface area contributed by atoms with Crippen LogP contribution in [0.4, 0.5) is 15.8 Å². The van der Waals surface area contributed by atoms with Crippen molar-refractivity contribution < 1.29 is 14.1 Å². The van der Waals surface area contributed by atoms with Gasteiger partial charge >= 0.3 is 0 Å². The first-order valence-electron chi connectivity index (χ1n) is 8.14. The third-order valence-electron chi connectivity index (χ3n) is 5.09. The zero-order valence-electron chi connectivity index (χ0n) is 13.6. The second-order valence-corrected chi connectivity index (χ2v) is 6.37. The van der Waals surface area contributed by atoms with E-state index < -0.39 is 4.92 Å². The number of nitrogens with zero attached hydrogens (tertiary/aromatic N) is 1. The summed E-state index contributed by atoms with van der Waals surface area (Å²) in [5.74, 6) is 0.255. The van der Waals surface area contributed by atoms with Gasteiger partial charge in [-0.05, 0) is 24.0 Å². The molecular formula is C19H17FN2O3. The van der Waals surface area contributed by atoms with Gasteiger partial charge in [0.15, 0.2) is 0 Å². The highest BCUT2D eigenvalue weighted by Crippen LogP contribution is 2.53. The average Bonchev–Trinajstić information content (AvgIpc) is 3.10. The number of benzene rings is 2. The Kier molecular flexibility index (Phi) is 3.67.